The van der Waals surface area contributed by atoms with E-state index < -0.39 is 0 Å². The van der Waals surface area contributed by atoms with Crippen LogP contribution < -0.4 is 0 Å². The first-order chi connectivity index (χ1) is 9.28. The van der Waals surface area contributed by atoms with Gasteiger partial charge in [0.2, 0.25) is 0 Å². The average molecular weight is 258 g/mol. The smallest absolute Gasteiger partial charge is 0.102 e. The molecule has 2 rings (SSSR count). The topological polar surface area (TPSA) is 16.1 Å². The zero-order valence-corrected chi connectivity index (χ0v) is 11.2. The average Bonchev–Trinajstić information content (AvgIpc) is 2.43. The normalized spacial score (nSPS) is 10.9. The molecule has 2 nitrogen and oxygen atoms in total. The van der Waals surface area contributed by atoms with Crippen molar-refractivity contribution < 1.29 is 4.39 Å². The molecule has 3 heteroatoms. The van der Waals surface area contributed by atoms with Crippen molar-refractivity contribution in [2.75, 3.05) is 13.2 Å². The van der Waals surface area contributed by atoms with E-state index in [-0.39, 0.29) is 6.67 Å². The van der Waals surface area contributed by atoms with E-state index in [1.54, 1.807) is 6.20 Å². The van der Waals surface area contributed by atoms with Crippen LogP contribution in [0.2, 0.25) is 0 Å². The third-order valence-electron chi connectivity index (χ3n) is 3.04. The van der Waals surface area contributed by atoms with Crippen LogP contribution in [0.15, 0.2) is 48.7 Å². The van der Waals surface area contributed by atoms with Crippen molar-refractivity contribution in [3.05, 3.63) is 65.5 Å². The molecule has 0 saturated carbocycles. The summed E-state index contributed by atoms with van der Waals surface area (Å²) in [6.07, 6.45) is 1.77. The maximum absolute atomic E-state index is 12.7. The molecular weight excluding hydrogens is 239 g/mol. The summed E-state index contributed by atoms with van der Waals surface area (Å²) in [4.78, 5) is 6.37. The predicted molar refractivity (Wildman–Crippen MR) is 75.5 cm³/mol. The fourth-order valence-corrected chi connectivity index (χ4v) is 2.01. The number of hydrogen-bond acceptors (Lipinski definition) is 2. The van der Waals surface area contributed by atoms with Crippen LogP contribution in [-0.2, 0) is 13.1 Å². The Morgan fingerprint density at radius 1 is 1.05 bits per heavy atom. The number of rotatable bonds is 6. The van der Waals surface area contributed by atoms with Crippen molar-refractivity contribution in [3.8, 4) is 0 Å². The first-order valence-corrected chi connectivity index (χ1v) is 6.51. The molecule has 0 spiro atoms. The zero-order chi connectivity index (χ0) is 13.5. The van der Waals surface area contributed by atoms with Crippen LogP contribution in [0.5, 0.6) is 0 Å². The fraction of sp³-hybridized carbons (Fsp3) is 0.312. The zero-order valence-electron chi connectivity index (χ0n) is 11.2. The summed E-state index contributed by atoms with van der Waals surface area (Å²) in [6, 6.07) is 14.2. The predicted octanol–water partition coefficient (Wildman–Crippen LogP) is 3.36. The minimum atomic E-state index is -0.335. The SMILES string of the molecule is Cc1ccc(CN(CCF)Cc2ccccn2)cc1. The standard InChI is InChI=1S/C16H19FN2/c1-14-5-7-15(8-6-14)12-19(11-9-17)13-16-4-2-3-10-18-16/h2-8,10H,9,11-13H2,1H3. The second-order valence-corrected chi connectivity index (χ2v) is 4.71. The highest BCUT2D eigenvalue weighted by atomic mass is 19.1. The summed E-state index contributed by atoms with van der Waals surface area (Å²) in [5.74, 6) is 0. The molecule has 2 aromatic rings. The molecule has 100 valence electrons. The van der Waals surface area contributed by atoms with Gasteiger partial charge in [-0.1, -0.05) is 35.9 Å². The lowest BCUT2D eigenvalue weighted by atomic mass is 10.1. The first kappa shape index (κ1) is 13.7. The van der Waals surface area contributed by atoms with Crippen LogP contribution in [0.4, 0.5) is 4.39 Å². The van der Waals surface area contributed by atoms with Crippen LogP contribution in [0.25, 0.3) is 0 Å². The van der Waals surface area contributed by atoms with Crippen molar-refractivity contribution in [1.82, 2.24) is 9.88 Å². The number of pyridine rings is 1. The van der Waals surface area contributed by atoms with E-state index in [0.29, 0.717) is 13.1 Å². The van der Waals surface area contributed by atoms with Crippen LogP contribution in [0.3, 0.4) is 0 Å². The molecule has 1 aromatic carbocycles. The van der Waals surface area contributed by atoms with Gasteiger partial charge in [0.25, 0.3) is 0 Å². The number of nitrogens with zero attached hydrogens (tertiary/aromatic N) is 2. The lowest BCUT2D eigenvalue weighted by Gasteiger charge is -2.20. The number of aryl methyl sites for hydroxylation is 1. The van der Waals surface area contributed by atoms with Gasteiger partial charge in [-0.25, -0.2) is 4.39 Å². The van der Waals surface area contributed by atoms with Gasteiger partial charge in [0.1, 0.15) is 6.67 Å². The Kier molecular flexibility index (Phi) is 5.04. The molecule has 0 aliphatic carbocycles. The van der Waals surface area contributed by atoms with Crippen LogP contribution >= 0.6 is 0 Å². The lowest BCUT2D eigenvalue weighted by Crippen LogP contribution is -2.25. The maximum atomic E-state index is 12.7. The summed E-state index contributed by atoms with van der Waals surface area (Å²) in [5, 5.41) is 0. The van der Waals surface area contributed by atoms with Crippen molar-refractivity contribution in [3.63, 3.8) is 0 Å². The summed E-state index contributed by atoms with van der Waals surface area (Å²) < 4.78 is 12.7. The van der Waals surface area contributed by atoms with E-state index >= 15 is 0 Å². The lowest BCUT2D eigenvalue weighted by molar-refractivity contribution is 0.230. The Balaban J connectivity index is 2.01. The van der Waals surface area contributed by atoms with E-state index in [1.165, 1.54) is 11.1 Å². The van der Waals surface area contributed by atoms with Crippen molar-refractivity contribution >= 4 is 0 Å². The highest BCUT2D eigenvalue weighted by Gasteiger charge is 2.07. The molecular formula is C16H19FN2. The summed E-state index contributed by atoms with van der Waals surface area (Å²) in [6.45, 7) is 3.60. The molecule has 1 aromatic heterocycles. The summed E-state index contributed by atoms with van der Waals surface area (Å²) >= 11 is 0. The van der Waals surface area contributed by atoms with Crippen LogP contribution in [0, 0.1) is 6.92 Å². The van der Waals surface area contributed by atoms with Crippen molar-refractivity contribution in [1.29, 1.82) is 0 Å². The van der Waals surface area contributed by atoms with Gasteiger partial charge < -0.3 is 0 Å². The molecule has 0 radical (unpaired) electrons. The molecule has 0 bridgehead atoms. The van der Waals surface area contributed by atoms with Gasteiger partial charge >= 0.3 is 0 Å². The van der Waals surface area contributed by atoms with E-state index in [4.69, 9.17) is 0 Å². The molecule has 0 aliphatic heterocycles. The van der Waals surface area contributed by atoms with E-state index in [9.17, 15) is 4.39 Å². The molecule has 0 N–H and O–H groups in total. The van der Waals surface area contributed by atoms with Gasteiger partial charge in [-0.2, -0.15) is 0 Å². The van der Waals surface area contributed by atoms with Crippen LogP contribution in [0.1, 0.15) is 16.8 Å². The number of aromatic nitrogens is 1. The number of alkyl halides is 1. The quantitative estimate of drug-likeness (QED) is 0.790. The second kappa shape index (κ2) is 7.00. The Bertz CT molecular complexity index is 482. The fourth-order valence-electron chi connectivity index (χ4n) is 2.01. The van der Waals surface area contributed by atoms with E-state index in [0.717, 1.165) is 12.2 Å². The third kappa shape index (κ3) is 4.45. The second-order valence-electron chi connectivity index (χ2n) is 4.71. The number of hydrogen-bond donors (Lipinski definition) is 0. The van der Waals surface area contributed by atoms with Gasteiger partial charge in [-0.05, 0) is 24.6 Å². The molecule has 19 heavy (non-hydrogen) atoms. The molecule has 0 atom stereocenters. The molecule has 1 heterocycles. The number of benzene rings is 1. The first-order valence-electron chi connectivity index (χ1n) is 6.51. The largest absolute Gasteiger partial charge is 0.291 e. The van der Waals surface area contributed by atoms with Gasteiger partial charge in [-0.15, -0.1) is 0 Å². The highest BCUT2D eigenvalue weighted by molar-refractivity contribution is 5.21. The number of halogens is 1. The molecule has 0 fully saturated rings. The maximum Gasteiger partial charge on any atom is 0.102 e. The third-order valence-corrected chi connectivity index (χ3v) is 3.04. The summed E-state index contributed by atoms with van der Waals surface area (Å²) in [7, 11) is 0. The van der Waals surface area contributed by atoms with Crippen LogP contribution in [-0.4, -0.2) is 23.1 Å². The Morgan fingerprint density at radius 2 is 1.84 bits per heavy atom. The van der Waals surface area contributed by atoms with Gasteiger partial charge in [0.05, 0.1) is 5.69 Å². The minimum Gasteiger partial charge on any atom is -0.291 e. The summed E-state index contributed by atoms with van der Waals surface area (Å²) in [5.41, 5.74) is 3.42. The molecule has 0 amide bonds. The Labute approximate surface area is 113 Å². The van der Waals surface area contributed by atoms with Gasteiger partial charge in [0.15, 0.2) is 0 Å². The molecule has 0 aliphatic rings. The van der Waals surface area contributed by atoms with E-state index in [1.807, 2.05) is 18.2 Å². The van der Waals surface area contributed by atoms with Gasteiger partial charge in [0, 0.05) is 25.8 Å². The molecule has 0 saturated heterocycles. The Morgan fingerprint density at radius 3 is 2.47 bits per heavy atom. The van der Waals surface area contributed by atoms with E-state index in [2.05, 4.69) is 41.1 Å². The van der Waals surface area contributed by atoms with Gasteiger partial charge in [-0.3, -0.25) is 9.88 Å². The van der Waals surface area contributed by atoms with Crippen molar-refractivity contribution in [2.24, 2.45) is 0 Å². The highest BCUT2D eigenvalue weighted by Crippen LogP contribution is 2.09. The monoisotopic (exact) mass is 258 g/mol. The Hall–Kier alpha value is -1.74. The molecule has 0 unspecified atom stereocenters. The minimum absolute atomic E-state index is 0.335. The van der Waals surface area contributed by atoms with Crippen molar-refractivity contribution in [2.45, 2.75) is 20.0 Å².